The molecule has 1 heterocycles. The Labute approximate surface area is 116 Å². The molecule has 0 spiro atoms. The lowest BCUT2D eigenvalue weighted by Gasteiger charge is -2.12. The van der Waals surface area contributed by atoms with E-state index in [-0.39, 0.29) is 12.2 Å². The number of aliphatic hydroxyl groups is 1. The number of hydrogen-bond donors (Lipinski definition) is 2. The van der Waals surface area contributed by atoms with Gasteiger partial charge in [-0.2, -0.15) is 0 Å². The molecule has 2 rings (SSSR count). The van der Waals surface area contributed by atoms with Gasteiger partial charge < -0.3 is 10.2 Å². The van der Waals surface area contributed by atoms with Gasteiger partial charge in [0.15, 0.2) is 5.69 Å². The van der Waals surface area contributed by atoms with Gasteiger partial charge in [0.2, 0.25) is 0 Å². The summed E-state index contributed by atoms with van der Waals surface area (Å²) in [6, 6.07) is 7.70. The fourth-order valence-corrected chi connectivity index (χ4v) is 1.87. The van der Waals surface area contributed by atoms with Crippen LogP contribution >= 0.6 is 0 Å². The molecular formula is C14H17N3O3. The van der Waals surface area contributed by atoms with Gasteiger partial charge in [-0.05, 0) is 17.0 Å². The summed E-state index contributed by atoms with van der Waals surface area (Å²) in [5, 5.41) is 26.0. The van der Waals surface area contributed by atoms with Crippen LogP contribution < -0.4 is 0 Å². The van der Waals surface area contributed by atoms with Crippen molar-refractivity contribution in [3.8, 4) is 0 Å². The summed E-state index contributed by atoms with van der Waals surface area (Å²) in [5.41, 5.74) is 1.84. The Balaban J connectivity index is 2.06. The summed E-state index contributed by atoms with van der Waals surface area (Å²) in [5.74, 6) is -0.693. The van der Waals surface area contributed by atoms with E-state index in [2.05, 4.69) is 24.2 Å². The minimum Gasteiger partial charge on any atom is -0.476 e. The molecule has 20 heavy (non-hydrogen) atoms. The number of carbonyl (C=O) groups is 1. The second-order valence-electron chi connectivity index (χ2n) is 4.97. The van der Waals surface area contributed by atoms with Crippen molar-refractivity contribution in [3.05, 3.63) is 47.3 Å². The summed E-state index contributed by atoms with van der Waals surface area (Å²) >= 11 is 0. The van der Waals surface area contributed by atoms with Crippen molar-refractivity contribution in [2.24, 2.45) is 0 Å². The maximum absolute atomic E-state index is 10.7. The van der Waals surface area contributed by atoms with Crippen LogP contribution in [0.5, 0.6) is 0 Å². The van der Waals surface area contributed by atoms with Crippen LogP contribution in [-0.2, 0) is 6.54 Å². The maximum atomic E-state index is 10.7. The Morgan fingerprint density at radius 2 is 1.85 bits per heavy atom. The van der Waals surface area contributed by atoms with Gasteiger partial charge in [-0.15, -0.1) is 5.10 Å². The van der Waals surface area contributed by atoms with E-state index >= 15 is 0 Å². The Hall–Kier alpha value is -2.21. The number of aromatic carboxylic acids is 1. The first-order valence-electron chi connectivity index (χ1n) is 6.38. The Bertz CT molecular complexity index is 590. The van der Waals surface area contributed by atoms with Crippen LogP contribution in [0.15, 0.2) is 30.5 Å². The van der Waals surface area contributed by atoms with Crippen molar-refractivity contribution in [3.63, 3.8) is 0 Å². The second kappa shape index (κ2) is 5.83. The van der Waals surface area contributed by atoms with E-state index in [0.717, 1.165) is 5.56 Å². The number of carboxylic acid groups (broad SMARTS) is 1. The van der Waals surface area contributed by atoms with Crippen molar-refractivity contribution in [2.45, 2.75) is 32.4 Å². The van der Waals surface area contributed by atoms with Crippen LogP contribution in [0.4, 0.5) is 0 Å². The van der Waals surface area contributed by atoms with Crippen molar-refractivity contribution in [1.29, 1.82) is 0 Å². The third kappa shape index (κ3) is 3.21. The normalized spacial score (nSPS) is 12.6. The van der Waals surface area contributed by atoms with Gasteiger partial charge in [0.05, 0.1) is 18.8 Å². The number of aromatic nitrogens is 3. The Kier molecular flexibility index (Phi) is 4.14. The smallest absolute Gasteiger partial charge is 0.358 e. The number of benzene rings is 1. The molecule has 0 aliphatic heterocycles. The largest absolute Gasteiger partial charge is 0.476 e. The maximum Gasteiger partial charge on any atom is 0.358 e. The molecule has 0 radical (unpaired) electrons. The number of carboxylic acids is 1. The molecule has 0 saturated carbocycles. The van der Waals surface area contributed by atoms with E-state index in [1.165, 1.54) is 16.4 Å². The van der Waals surface area contributed by atoms with Gasteiger partial charge in [0.25, 0.3) is 0 Å². The molecule has 2 N–H and O–H groups in total. The van der Waals surface area contributed by atoms with Crippen molar-refractivity contribution in [1.82, 2.24) is 15.0 Å². The highest BCUT2D eigenvalue weighted by Crippen LogP contribution is 2.19. The fourth-order valence-electron chi connectivity index (χ4n) is 1.87. The SMILES string of the molecule is CC(C)c1ccc(C(O)Cn2cc(C(=O)O)nn2)cc1. The highest BCUT2D eigenvalue weighted by molar-refractivity contribution is 5.84. The van der Waals surface area contributed by atoms with Crippen LogP contribution in [-0.4, -0.2) is 31.2 Å². The minimum absolute atomic E-state index is 0.132. The van der Waals surface area contributed by atoms with E-state index in [1.54, 1.807) is 0 Å². The second-order valence-corrected chi connectivity index (χ2v) is 4.97. The summed E-state index contributed by atoms with van der Waals surface area (Å²) in [6.07, 6.45) is 0.549. The van der Waals surface area contributed by atoms with Gasteiger partial charge in [0.1, 0.15) is 0 Å². The molecule has 6 heteroatoms. The molecule has 2 aromatic rings. The minimum atomic E-state index is -1.13. The molecule has 1 atom stereocenters. The van der Waals surface area contributed by atoms with E-state index in [4.69, 9.17) is 5.11 Å². The number of hydrogen-bond acceptors (Lipinski definition) is 4. The average Bonchev–Trinajstić information content (AvgIpc) is 2.87. The molecular weight excluding hydrogens is 258 g/mol. The van der Waals surface area contributed by atoms with Crippen molar-refractivity contribution >= 4 is 5.97 Å². The standard InChI is InChI=1S/C14H17N3O3/c1-9(2)10-3-5-11(6-4-10)13(18)8-17-7-12(14(19)20)15-16-17/h3-7,9,13,18H,8H2,1-2H3,(H,19,20). The molecule has 1 aromatic carbocycles. The van der Waals surface area contributed by atoms with Gasteiger partial charge in [-0.3, -0.25) is 0 Å². The first kappa shape index (κ1) is 14.2. The molecule has 1 unspecified atom stereocenters. The number of rotatable bonds is 5. The van der Waals surface area contributed by atoms with Crippen LogP contribution in [0.3, 0.4) is 0 Å². The first-order valence-corrected chi connectivity index (χ1v) is 6.38. The van der Waals surface area contributed by atoms with E-state index in [9.17, 15) is 9.90 Å². The fraction of sp³-hybridized carbons (Fsp3) is 0.357. The number of nitrogens with zero attached hydrogens (tertiary/aromatic N) is 3. The highest BCUT2D eigenvalue weighted by atomic mass is 16.4. The van der Waals surface area contributed by atoms with Crippen molar-refractivity contribution < 1.29 is 15.0 Å². The summed E-state index contributed by atoms with van der Waals surface area (Å²) in [7, 11) is 0. The zero-order valence-electron chi connectivity index (χ0n) is 11.4. The quantitative estimate of drug-likeness (QED) is 0.869. The molecule has 0 bridgehead atoms. The van der Waals surface area contributed by atoms with Crippen molar-refractivity contribution in [2.75, 3.05) is 0 Å². The molecule has 106 valence electrons. The molecule has 1 aromatic heterocycles. The van der Waals surface area contributed by atoms with Crippen LogP contribution in [0, 0.1) is 0 Å². The zero-order chi connectivity index (χ0) is 14.7. The third-order valence-corrected chi connectivity index (χ3v) is 3.11. The average molecular weight is 275 g/mol. The molecule has 0 fully saturated rings. The van der Waals surface area contributed by atoms with E-state index in [0.29, 0.717) is 5.92 Å². The van der Waals surface area contributed by atoms with E-state index in [1.807, 2.05) is 24.3 Å². The topological polar surface area (TPSA) is 88.2 Å². The number of aliphatic hydroxyl groups excluding tert-OH is 1. The molecule has 6 nitrogen and oxygen atoms in total. The lowest BCUT2D eigenvalue weighted by atomic mass is 10.00. The van der Waals surface area contributed by atoms with Crippen LogP contribution in [0.1, 0.15) is 47.5 Å². The van der Waals surface area contributed by atoms with Crippen LogP contribution in [0.2, 0.25) is 0 Å². The van der Waals surface area contributed by atoms with Crippen LogP contribution in [0.25, 0.3) is 0 Å². The molecule has 0 aliphatic rings. The zero-order valence-corrected chi connectivity index (χ0v) is 11.4. The monoisotopic (exact) mass is 275 g/mol. The Morgan fingerprint density at radius 1 is 1.25 bits per heavy atom. The lowest BCUT2D eigenvalue weighted by Crippen LogP contribution is -2.09. The molecule has 0 aliphatic carbocycles. The first-order chi connectivity index (χ1) is 9.47. The lowest BCUT2D eigenvalue weighted by molar-refractivity contribution is 0.0690. The predicted molar refractivity (Wildman–Crippen MR) is 72.5 cm³/mol. The van der Waals surface area contributed by atoms with Gasteiger partial charge >= 0.3 is 5.97 Å². The summed E-state index contributed by atoms with van der Waals surface area (Å²) in [6.45, 7) is 4.38. The van der Waals surface area contributed by atoms with Gasteiger partial charge in [-0.25, -0.2) is 9.48 Å². The predicted octanol–water partition coefficient (Wildman–Crippen LogP) is 1.83. The van der Waals surface area contributed by atoms with E-state index < -0.39 is 12.1 Å². The third-order valence-electron chi connectivity index (χ3n) is 3.11. The van der Waals surface area contributed by atoms with Gasteiger partial charge in [-0.1, -0.05) is 43.3 Å². The molecule has 0 saturated heterocycles. The summed E-state index contributed by atoms with van der Waals surface area (Å²) < 4.78 is 1.32. The Morgan fingerprint density at radius 3 is 2.35 bits per heavy atom. The van der Waals surface area contributed by atoms with Gasteiger partial charge in [0, 0.05) is 0 Å². The summed E-state index contributed by atoms with van der Waals surface area (Å²) in [4.78, 5) is 10.7. The molecule has 0 amide bonds. The highest BCUT2D eigenvalue weighted by Gasteiger charge is 2.13.